The third-order valence-corrected chi connectivity index (χ3v) is 7.62. The molecule has 0 radical (unpaired) electrons. The number of aryl methyl sites for hydroxylation is 1. The van der Waals surface area contributed by atoms with E-state index in [-0.39, 0.29) is 0 Å². The molecule has 2 aromatic rings. The Hall–Kier alpha value is -1.90. The quantitative estimate of drug-likeness (QED) is 0.232. The summed E-state index contributed by atoms with van der Waals surface area (Å²) in [4.78, 5) is 9.34. The zero-order valence-electron chi connectivity index (χ0n) is 21.9. The molecule has 0 N–H and O–H groups in total. The van der Waals surface area contributed by atoms with E-state index in [0.29, 0.717) is 0 Å². The molecule has 0 saturated heterocycles. The van der Waals surface area contributed by atoms with E-state index < -0.39 is 0 Å². The average Bonchev–Trinajstić information content (AvgIpc) is 2.89. The van der Waals surface area contributed by atoms with Crippen LogP contribution in [0.5, 0.6) is 5.75 Å². The lowest BCUT2D eigenvalue weighted by atomic mass is 9.78. The molecule has 1 aromatic carbocycles. The third kappa shape index (κ3) is 9.76. The molecule has 0 aliphatic heterocycles. The highest BCUT2D eigenvalue weighted by Gasteiger charge is 2.20. The summed E-state index contributed by atoms with van der Waals surface area (Å²) in [6, 6.07) is 8.38. The molecule has 1 fully saturated rings. The summed E-state index contributed by atoms with van der Waals surface area (Å²) in [5, 5.41) is 0. The van der Waals surface area contributed by atoms with Crippen LogP contribution in [0.15, 0.2) is 36.7 Å². The van der Waals surface area contributed by atoms with Crippen molar-refractivity contribution >= 4 is 0 Å². The Bertz CT molecular complexity index is 763. The van der Waals surface area contributed by atoms with Crippen LogP contribution in [0.25, 0.3) is 11.1 Å². The van der Waals surface area contributed by atoms with Gasteiger partial charge in [0.2, 0.25) is 0 Å². The van der Waals surface area contributed by atoms with Crippen LogP contribution in [0.4, 0.5) is 0 Å². The van der Waals surface area contributed by atoms with Gasteiger partial charge < -0.3 is 4.74 Å². The fourth-order valence-electron chi connectivity index (χ4n) is 5.26. The summed E-state index contributed by atoms with van der Waals surface area (Å²) in [6.07, 6.45) is 25.3. The first-order chi connectivity index (χ1) is 16.8. The lowest BCUT2D eigenvalue weighted by Gasteiger charge is -2.28. The molecule has 1 aromatic heterocycles. The number of aromatic nitrogens is 2. The molecule has 3 heteroatoms. The summed E-state index contributed by atoms with van der Waals surface area (Å²) in [7, 11) is 0. The van der Waals surface area contributed by atoms with Crippen molar-refractivity contribution in [1.82, 2.24) is 9.97 Å². The molecule has 0 unspecified atom stereocenters. The highest BCUT2D eigenvalue weighted by molar-refractivity contribution is 5.62. The number of hydrogen-bond donors (Lipinski definition) is 0. The summed E-state index contributed by atoms with van der Waals surface area (Å²) in [5.41, 5.74) is 2.24. The van der Waals surface area contributed by atoms with Crippen LogP contribution < -0.4 is 4.74 Å². The van der Waals surface area contributed by atoms with Gasteiger partial charge in [0.1, 0.15) is 11.6 Å². The molecule has 3 nitrogen and oxygen atoms in total. The number of rotatable bonds is 16. The molecular weight excluding hydrogens is 416 g/mol. The molecule has 34 heavy (non-hydrogen) atoms. The molecular formula is C31H48N2O. The minimum Gasteiger partial charge on any atom is -0.494 e. The maximum atomic E-state index is 5.93. The van der Waals surface area contributed by atoms with Crippen LogP contribution in [0, 0.1) is 11.8 Å². The lowest BCUT2D eigenvalue weighted by molar-refractivity contribution is 0.249. The van der Waals surface area contributed by atoms with E-state index in [2.05, 4.69) is 48.1 Å². The van der Waals surface area contributed by atoms with Crippen LogP contribution in [0.1, 0.15) is 116 Å². The van der Waals surface area contributed by atoms with Gasteiger partial charge in [-0.05, 0) is 42.4 Å². The maximum Gasteiger partial charge on any atom is 0.128 e. The average molecular weight is 465 g/mol. The van der Waals surface area contributed by atoms with E-state index >= 15 is 0 Å². The first-order valence-electron chi connectivity index (χ1n) is 14.3. The van der Waals surface area contributed by atoms with E-state index in [1.807, 2.05) is 12.4 Å². The molecule has 1 saturated carbocycles. The van der Waals surface area contributed by atoms with Gasteiger partial charge in [0.25, 0.3) is 0 Å². The van der Waals surface area contributed by atoms with Gasteiger partial charge in [0.15, 0.2) is 0 Å². The highest BCUT2D eigenvalue weighted by Crippen LogP contribution is 2.34. The van der Waals surface area contributed by atoms with E-state index in [1.165, 1.54) is 89.9 Å². The third-order valence-electron chi connectivity index (χ3n) is 7.62. The fourth-order valence-corrected chi connectivity index (χ4v) is 5.26. The van der Waals surface area contributed by atoms with Crippen molar-refractivity contribution in [3.05, 3.63) is 42.5 Å². The second-order valence-electron chi connectivity index (χ2n) is 10.4. The molecule has 0 atom stereocenters. The SMILES string of the molecule is CCCCCCCCCOc1ccc(-c2cnc(CC[C@H]3CC[C@H](CCCC)CC3)nc2)cc1. The summed E-state index contributed by atoms with van der Waals surface area (Å²) < 4.78 is 5.93. The van der Waals surface area contributed by atoms with Crippen molar-refractivity contribution in [2.45, 2.75) is 117 Å². The Balaban J connectivity index is 1.33. The molecule has 1 aliphatic rings. The molecule has 0 spiro atoms. The first-order valence-corrected chi connectivity index (χ1v) is 14.3. The molecule has 0 amide bonds. The van der Waals surface area contributed by atoms with Crippen molar-refractivity contribution in [3.8, 4) is 16.9 Å². The van der Waals surface area contributed by atoms with Crippen LogP contribution in [-0.2, 0) is 6.42 Å². The molecule has 0 bridgehead atoms. The monoisotopic (exact) mass is 464 g/mol. The van der Waals surface area contributed by atoms with Crippen molar-refractivity contribution < 1.29 is 4.74 Å². The highest BCUT2D eigenvalue weighted by atomic mass is 16.5. The van der Waals surface area contributed by atoms with E-state index in [1.54, 1.807) is 0 Å². The number of unbranched alkanes of at least 4 members (excludes halogenated alkanes) is 7. The molecule has 188 valence electrons. The summed E-state index contributed by atoms with van der Waals surface area (Å²) in [6.45, 7) is 5.38. The predicted octanol–water partition coefficient (Wildman–Crippen LogP) is 9.20. The Kier molecular flexibility index (Phi) is 12.5. The van der Waals surface area contributed by atoms with Crippen molar-refractivity contribution in [1.29, 1.82) is 0 Å². The smallest absolute Gasteiger partial charge is 0.128 e. The molecule has 1 aliphatic carbocycles. The standard InChI is InChI=1S/C31H48N2O/c1-3-5-7-8-9-10-11-23-34-30-20-18-28(19-21-30)29-24-32-31(33-25-29)22-17-27-15-13-26(14-16-27)12-6-4-2/h18-21,24-27H,3-17,22-23H2,1-2H3/t26-,27-. The van der Waals surface area contributed by atoms with Gasteiger partial charge in [0.05, 0.1) is 6.61 Å². The Morgan fingerprint density at radius 1 is 0.676 bits per heavy atom. The van der Waals surface area contributed by atoms with E-state index in [0.717, 1.165) is 54.0 Å². The fraction of sp³-hybridized carbons (Fsp3) is 0.677. The largest absolute Gasteiger partial charge is 0.494 e. The van der Waals surface area contributed by atoms with Gasteiger partial charge in [-0.2, -0.15) is 0 Å². The number of benzene rings is 1. The summed E-state index contributed by atoms with van der Waals surface area (Å²) >= 11 is 0. The van der Waals surface area contributed by atoms with Gasteiger partial charge >= 0.3 is 0 Å². The maximum absolute atomic E-state index is 5.93. The van der Waals surface area contributed by atoms with Crippen LogP contribution in [0.3, 0.4) is 0 Å². The van der Waals surface area contributed by atoms with Gasteiger partial charge in [0, 0.05) is 24.4 Å². The van der Waals surface area contributed by atoms with Crippen molar-refractivity contribution in [2.24, 2.45) is 11.8 Å². The molecule has 1 heterocycles. The van der Waals surface area contributed by atoms with Gasteiger partial charge in [-0.1, -0.05) is 109 Å². The lowest BCUT2D eigenvalue weighted by Crippen LogP contribution is -2.15. The number of ether oxygens (including phenoxy) is 1. The van der Waals surface area contributed by atoms with Gasteiger partial charge in [-0.25, -0.2) is 9.97 Å². The van der Waals surface area contributed by atoms with Crippen molar-refractivity contribution in [3.63, 3.8) is 0 Å². The van der Waals surface area contributed by atoms with Crippen molar-refractivity contribution in [2.75, 3.05) is 6.61 Å². The number of hydrogen-bond acceptors (Lipinski definition) is 3. The number of nitrogens with zero attached hydrogens (tertiary/aromatic N) is 2. The minimum absolute atomic E-state index is 0.811. The normalized spacial score (nSPS) is 18.2. The van der Waals surface area contributed by atoms with Crippen LogP contribution >= 0.6 is 0 Å². The molecule has 3 rings (SSSR count). The van der Waals surface area contributed by atoms with Gasteiger partial charge in [-0.15, -0.1) is 0 Å². The van der Waals surface area contributed by atoms with Crippen LogP contribution in [-0.4, -0.2) is 16.6 Å². The minimum atomic E-state index is 0.811. The second-order valence-corrected chi connectivity index (χ2v) is 10.4. The summed E-state index contributed by atoms with van der Waals surface area (Å²) in [5.74, 6) is 3.81. The first kappa shape index (κ1) is 26.7. The topological polar surface area (TPSA) is 35.0 Å². The Morgan fingerprint density at radius 3 is 1.91 bits per heavy atom. The Morgan fingerprint density at radius 2 is 1.26 bits per heavy atom. The van der Waals surface area contributed by atoms with E-state index in [4.69, 9.17) is 4.74 Å². The zero-order chi connectivity index (χ0) is 23.8. The Labute approximate surface area is 209 Å². The van der Waals surface area contributed by atoms with Crippen LogP contribution in [0.2, 0.25) is 0 Å². The van der Waals surface area contributed by atoms with Gasteiger partial charge in [-0.3, -0.25) is 0 Å². The second kappa shape index (κ2) is 15.9. The van der Waals surface area contributed by atoms with E-state index in [9.17, 15) is 0 Å². The zero-order valence-corrected chi connectivity index (χ0v) is 21.9. The predicted molar refractivity (Wildman–Crippen MR) is 144 cm³/mol.